The van der Waals surface area contributed by atoms with Crippen molar-refractivity contribution in [2.45, 2.75) is 19.4 Å². The minimum Gasteiger partial charge on any atom is -0.363 e. The zero-order valence-corrected chi connectivity index (χ0v) is 17.9. The number of carbonyl (C=O) groups is 1. The lowest BCUT2D eigenvalue weighted by atomic mass is 9.67. The predicted octanol–water partition coefficient (Wildman–Crippen LogP) is 3.14. The molecular weight excluding hydrogens is 400 g/mol. The van der Waals surface area contributed by atoms with Crippen LogP contribution in [0.25, 0.3) is 0 Å². The summed E-state index contributed by atoms with van der Waals surface area (Å²) in [4.78, 5) is 27.7. The van der Waals surface area contributed by atoms with Gasteiger partial charge in [-0.3, -0.25) is 4.79 Å². The van der Waals surface area contributed by atoms with E-state index in [2.05, 4.69) is 44.0 Å². The molecule has 0 radical (unpaired) electrons. The molecule has 7 heteroatoms. The summed E-state index contributed by atoms with van der Waals surface area (Å²) in [5, 5.41) is 6.40. The molecule has 6 rings (SSSR count). The lowest BCUT2D eigenvalue weighted by Crippen LogP contribution is -2.67. The second-order valence-electron chi connectivity index (χ2n) is 8.62. The molecule has 4 heterocycles. The van der Waals surface area contributed by atoms with E-state index in [1.54, 1.807) is 17.4 Å². The Bertz CT molecular complexity index is 1200. The Morgan fingerprint density at radius 1 is 0.938 bits per heavy atom. The Morgan fingerprint density at radius 2 is 1.69 bits per heavy atom. The maximum atomic E-state index is 14.1. The van der Waals surface area contributed by atoms with E-state index in [1.807, 2.05) is 43.3 Å². The number of carbonyl (C=O) groups excluding carboxylic acids is 1. The zero-order valence-electron chi connectivity index (χ0n) is 17.9. The van der Waals surface area contributed by atoms with Crippen LogP contribution < -0.4 is 14.8 Å². The summed E-state index contributed by atoms with van der Waals surface area (Å²) in [5.74, 6) is 0.752. The van der Waals surface area contributed by atoms with Crippen LogP contribution in [0.4, 0.5) is 17.3 Å². The van der Waals surface area contributed by atoms with Gasteiger partial charge < -0.3 is 9.80 Å². The summed E-state index contributed by atoms with van der Waals surface area (Å²) < 4.78 is 0. The molecule has 3 aliphatic rings. The van der Waals surface area contributed by atoms with Gasteiger partial charge in [0, 0.05) is 37.7 Å². The van der Waals surface area contributed by atoms with E-state index in [4.69, 9.17) is 5.10 Å². The maximum absolute atomic E-state index is 14.1. The summed E-state index contributed by atoms with van der Waals surface area (Å²) >= 11 is 0. The third kappa shape index (κ3) is 2.67. The first-order valence-electron chi connectivity index (χ1n) is 11.0. The van der Waals surface area contributed by atoms with Crippen molar-refractivity contribution < 1.29 is 4.79 Å². The number of nitrogens with zero attached hydrogens (tertiary/aromatic N) is 6. The van der Waals surface area contributed by atoms with Crippen LogP contribution in [-0.4, -0.2) is 47.3 Å². The highest BCUT2D eigenvalue weighted by molar-refractivity contribution is 6.20. The first-order chi connectivity index (χ1) is 15.7. The molecule has 2 unspecified atom stereocenters. The number of piperazine rings is 1. The smallest absolute Gasteiger partial charge is 0.261 e. The molecule has 1 aromatic heterocycles. The predicted molar refractivity (Wildman–Crippen MR) is 125 cm³/mol. The number of amides is 1. The van der Waals surface area contributed by atoms with Crippen molar-refractivity contribution in [1.29, 1.82) is 0 Å². The lowest BCUT2D eigenvalue weighted by Gasteiger charge is -2.53. The number of fused-ring (bicyclic) bond motifs is 4. The van der Waals surface area contributed by atoms with Crippen molar-refractivity contribution in [1.82, 2.24) is 9.97 Å². The molecule has 7 nitrogen and oxygen atoms in total. The molecule has 1 fully saturated rings. The average molecular weight is 425 g/mol. The molecule has 2 atom stereocenters. The minimum atomic E-state index is -0.725. The molecule has 1 amide bonds. The van der Waals surface area contributed by atoms with Gasteiger partial charge in [-0.15, -0.1) is 0 Å². The van der Waals surface area contributed by atoms with Gasteiger partial charge in [0.25, 0.3) is 5.91 Å². The Balaban J connectivity index is 1.46. The Kier molecular flexibility index (Phi) is 4.24. The Labute approximate surface area is 187 Å². The standard InChI is InChI=1S/C25H24N6O/c1-18-25(23(32)31(28-18)20-9-3-2-4-10-20)16-19-8-5-6-11-21(19)30-15-14-29(17-22(25)30)24-26-12-7-13-27-24/h2-13,22H,14-17H2,1H3. The highest BCUT2D eigenvalue weighted by Gasteiger charge is 2.60. The van der Waals surface area contributed by atoms with Gasteiger partial charge in [-0.25, -0.2) is 9.97 Å². The molecule has 160 valence electrons. The summed E-state index contributed by atoms with van der Waals surface area (Å²) in [6, 6.07) is 19.9. The van der Waals surface area contributed by atoms with Crippen LogP contribution >= 0.6 is 0 Å². The van der Waals surface area contributed by atoms with Crippen molar-refractivity contribution in [2.24, 2.45) is 10.5 Å². The molecule has 32 heavy (non-hydrogen) atoms. The van der Waals surface area contributed by atoms with Gasteiger partial charge in [0.2, 0.25) is 5.95 Å². The monoisotopic (exact) mass is 424 g/mol. The summed E-state index contributed by atoms with van der Waals surface area (Å²) in [5.41, 5.74) is 3.36. The van der Waals surface area contributed by atoms with E-state index < -0.39 is 5.41 Å². The third-order valence-corrected chi connectivity index (χ3v) is 7.02. The highest BCUT2D eigenvalue weighted by atomic mass is 16.2. The third-order valence-electron chi connectivity index (χ3n) is 7.02. The summed E-state index contributed by atoms with van der Waals surface area (Å²) in [6.07, 6.45) is 4.18. The van der Waals surface area contributed by atoms with Crippen LogP contribution in [0.15, 0.2) is 78.2 Å². The van der Waals surface area contributed by atoms with Crippen LogP contribution in [-0.2, 0) is 11.2 Å². The normalized spacial score (nSPS) is 24.4. The molecule has 0 bridgehead atoms. The van der Waals surface area contributed by atoms with Gasteiger partial charge in [-0.2, -0.15) is 10.1 Å². The van der Waals surface area contributed by atoms with Crippen LogP contribution in [0.1, 0.15) is 12.5 Å². The lowest BCUT2D eigenvalue weighted by molar-refractivity contribution is -0.125. The SMILES string of the molecule is CC1=NN(c2ccccc2)C(=O)C12Cc1ccccc1N1CCN(c3ncccn3)CC12. The molecule has 3 aromatic rings. The molecular formula is C25H24N6O. The second-order valence-corrected chi connectivity index (χ2v) is 8.62. The number of para-hydroxylation sites is 2. The van der Waals surface area contributed by atoms with Gasteiger partial charge in [0.15, 0.2) is 0 Å². The zero-order chi connectivity index (χ0) is 21.7. The summed E-state index contributed by atoms with van der Waals surface area (Å²) in [6.45, 7) is 4.27. The highest BCUT2D eigenvalue weighted by Crippen LogP contribution is 2.48. The van der Waals surface area contributed by atoms with E-state index in [0.29, 0.717) is 18.9 Å². The summed E-state index contributed by atoms with van der Waals surface area (Å²) in [7, 11) is 0. The molecule has 0 saturated carbocycles. The fraction of sp³-hybridized carbons (Fsp3) is 0.280. The van der Waals surface area contributed by atoms with Crippen molar-refractivity contribution in [3.05, 3.63) is 78.6 Å². The topological polar surface area (TPSA) is 64.9 Å². The van der Waals surface area contributed by atoms with Gasteiger partial charge in [-0.05, 0) is 43.2 Å². The molecule has 1 saturated heterocycles. The number of hydrogen-bond donors (Lipinski definition) is 0. The van der Waals surface area contributed by atoms with Gasteiger partial charge in [0.1, 0.15) is 5.41 Å². The molecule has 2 aromatic carbocycles. The van der Waals surface area contributed by atoms with E-state index >= 15 is 0 Å². The Morgan fingerprint density at radius 3 is 2.50 bits per heavy atom. The first-order valence-corrected chi connectivity index (χ1v) is 11.0. The van der Waals surface area contributed by atoms with E-state index in [9.17, 15) is 4.79 Å². The molecule has 0 aliphatic carbocycles. The first kappa shape index (κ1) is 19.0. The fourth-order valence-electron chi connectivity index (χ4n) is 5.45. The number of hydrogen-bond acceptors (Lipinski definition) is 6. The van der Waals surface area contributed by atoms with Gasteiger partial charge >= 0.3 is 0 Å². The number of hydrazone groups is 1. The van der Waals surface area contributed by atoms with E-state index in [-0.39, 0.29) is 11.9 Å². The fourth-order valence-corrected chi connectivity index (χ4v) is 5.45. The van der Waals surface area contributed by atoms with Gasteiger partial charge in [-0.1, -0.05) is 36.4 Å². The van der Waals surface area contributed by atoms with Crippen LogP contribution in [0.2, 0.25) is 0 Å². The minimum absolute atomic E-state index is 0.0431. The Hall–Kier alpha value is -3.74. The van der Waals surface area contributed by atoms with Crippen molar-refractivity contribution in [2.75, 3.05) is 34.4 Å². The second kappa shape index (κ2) is 7.15. The van der Waals surface area contributed by atoms with Crippen LogP contribution in [0.5, 0.6) is 0 Å². The molecule has 3 aliphatic heterocycles. The van der Waals surface area contributed by atoms with Crippen molar-refractivity contribution in [3.63, 3.8) is 0 Å². The number of rotatable bonds is 2. The van der Waals surface area contributed by atoms with E-state index in [0.717, 1.165) is 24.5 Å². The van der Waals surface area contributed by atoms with Gasteiger partial charge in [0.05, 0.1) is 17.4 Å². The van der Waals surface area contributed by atoms with Crippen LogP contribution in [0, 0.1) is 5.41 Å². The number of anilines is 3. The average Bonchev–Trinajstić information content (AvgIpc) is 3.10. The number of benzene rings is 2. The van der Waals surface area contributed by atoms with Crippen LogP contribution in [0.3, 0.4) is 0 Å². The molecule has 0 N–H and O–H groups in total. The van der Waals surface area contributed by atoms with Crippen molar-refractivity contribution >= 4 is 28.9 Å². The maximum Gasteiger partial charge on any atom is 0.261 e. The quantitative estimate of drug-likeness (QED) is 0.632. The number of aromatic nitrogens is 2. The molecule has 1 spiro atoms. The largest absolute Gasteiger partial charge is 0.363 e. The van der Waals surface area contributed by atoms with Crippen molar-refractivity contribution in [3.8, 4) is 0 Å². The van der Waals surface area contributed by atoms with E-state index in [1.165, 1.54) is 11.3 Å².